The molecule has 32 heavy (non-hydrogen) atoms. The van der Waals surface area contributed by atoms with E-state index < -0.39 is 27.5 Å². The van der Waals surface area contributed by atoms with Gasteiger partial charge in [0.2, 0.25) is 0 Å². The molecule has 1 heterocycles. The number of rotatable bonds is 6. The van der Waals surface area contributed by atoms with E-state index in [1.165, 1.54) is 54.7 Å². The van der Waals surface area contributed by atoms with Crippen molar-refractivity contribution in [2.75, 3.05) is 11.6 Å². The molecule has 168 valence electrons. The molecule has 2 aromatic carbocycles. The van der Waals surface area contributed by atoms with Crippen molar-refractivity contribution in [3.8, 4) is 11.3 Å². The molecule has 5 nitrogen and oxygen atoms in total. The number of halogens is 3. The van der Waals surface area contributed by atoms with Gasteiger partial charge in [-0.1, -0.05) is 24.3 Å². The first kappa shape index (κ1) is 23.3. The standard InChI is InChI=1S/C23H21F3N2O3S/c1-4-13-28-14-19(22(29)27-16-9-11-17(12-10-16)32(3,30)31)15(2)21(28)18-7-5-6-8-20(18)23(24,25)26/h4-12,14H,1,13H2,2-3H3,(H,27,29). The number of allylic oxidation sites excluding steroid dienone is 1. The SMILES string of the molecule is C=CCn1cc(C(=O)Nc2ccc(S(C)(=O)=O)cc2)c(C)c1-c1ccccc1C(F)(F)F. The van der Waals surface area contributed by atoms with Gasteiger partial charge in [0, 0.05) is 30.2 Å². The molecule has 0 unspecified atom stereocenters. The molecular weight excluding hydrogens is 441 g/mol. The molecule has 0 fully saturated rings. The van der Waals surface area contributed by atoms with Gasteiger partial charge < -0.3 is 9.88 Å². The Hall–Kier alpha value is -3.33. The van der Waals surface area contributed by atoms with Crippen LogP contribution in [0.1, 0.15) is 21.5 Å². The van der Waals surface area contributed by atoms with Crippen molar-refractivity contribution in [2.45, 2.75) is 24.5 Å². The van der Waals surface area contributed by atoms with Gasteiger partial charge >= 0.3 is 6.18 Å². The highest BCUT2D eigenvalue weighted by molar-refractivity contribution is 7.90. The predicted molar refractivity (Wildman–Crippen MR) is 117 cm³/mol. The summed E-state index contributed by atoms with van der Waals surface area (Å²) in [6.45, 7) is 5.44. The Bertz CT molecular complexity index is 1270. The number of alkyl halides is 3. The number of carbonyl (C=O) groups is 1. The lowest BCUT2D eigenvalue weighted by Gasteiger charge is -2.15. The van der Waals surface area contributed by atoms with Crippen LogP contribution in [0.15, 0.2) is 72.3 Å². The second kappa shape index (κ2) is 8.66. The zero-order chi connectivity index (χ0) is 23.7. The van der Waals surface area contributed by atoms with Gasteiger partial charge in [-0.25, -0.2) is 8.42 Å². The molecule has 9 heteroatoms. The van der Waals surface area contributed by atoms with E-state index in [0.717, 1.165) is 12.3 Å². The highest BCUT2D eigenvalue weighted by Gasteiger charge is 2.35. The Morgan fingerprint density at radius 3 is 2.31 bits per heavy atom. The van der Waals surface area contributed by atoms with E-state index in [2.05, 4.69) is 11.9 Å². The maximum absolute atomic E-state index is 13.6. The van der Waals surface area contributed by atoms with E-state index in [9.17, 15) is 26.4 Å². The fraction of sp³-hybridized carbons (Fsp3) is 0.174. The lowest BCUT2D eigenvalue weighted by Crippen LogP contribution is -2.12. The molecule has 0 bridgehead atoms. The minimum atomic E-state index is -4.56. The van der Waals surface area contributed by atoms with Gasteiger partial charge in [0.1, 0.15) is 0 Å². The molecular formula is C23H21F3N2O3S. The number of nitrogens with one attached hydrogen (secondary N) is 1. The number of sulfone groups is 1. The number of aromatic nitrogens is 1. The van der Waals surface area contributed by atoms with Crippen LogP contribution in [0.2, 0.25) is 0 Å². The van der Waals surface area contributed by atoms with E-state index >= 15 is 0 Å². The van der Waals surface area contributed by atoms with E-state index in [0.29, 0.717) is 11.3 Å². The number of benzene rings is 2. The maximum atomic E-state index is 13.6. The second-order valence-corrected chi connectivity index (χ2v) is 9.27. The summed E-state index contributed by atoms with van der Waals surface area (Å²) in [7, 11) is -3.38. The summed E-state index contributed by atoms with van der Waals surface area (Å²) in [6, 6.07) is 10.8. The van der Waals surface area contributed by atoms with Crippen molar-refractivity contribution >= 4 is 21.4 Å². The van der Waals surface area contributed by atoms with Crippen LogP contribution >= 0.6 is 0 Å². The Balaban J connectivity index is 2.03. The average Bonchev–Trinajstić information content (AvgIpc) is 3.03. The second-order valence-electron chi connectivity index (χ2n) is 7.25. The summed E-state index contributed by atoms with van der Waals surface area (Å²) in [5, 5.41) is 2.66. The Labute approximate surface area is 184 Å². The molecule has 0 atom stereocenters. The van der Waals surface area contributed by atoms with Crippen LogP contribution in [0.5, 0.6) is 0 Å². The zero-order valence-electron chi connectivity index (χ0n) is 17.4. The number of anilines is 1. The molecule has 0 saturated carbocycles. The number of carbonyl (C=O) groups excluding carboxylic acids is 1. The minimum absolute atomic E-state index is 0.0316. The summed E-state index contributed by atoms with van der Waals surface area (Å²) >= 11 is 0. The smallest absolute Gasteiger partial charge is 0.343 e. The van der Waals surface area contributed by atoms with Gasteiger partial charge in [0.25, 0.3) is 5.91 Å². The van der Waals surface area contributed by atoms with Crippen molar-refractivity contribution in [3.05, 3.63) is 84.1 Å². The first-order valence-corrected chi connectivity index (χ1v) is 11.4. The monoisotopic (exact) mass is 462 g/mol. The molecule has 3 aromatic rings. The lowest BCUT2D eigenvalue weighted by molar-refractivity contribution is -0.137. The van der Waals surface area contributed by atoms with Crippen molar-refractivity contribution in [2.24, 2.45) is 0 Å². The van der Waals surface area contributed by atoms with Crippen LogP contribution in [0.4, 0.5) is 18.9 Å². The minimum Gasteiger partial charge on any atom is -0.343 e. The van der Waals surface area contributed by atoms with Crippen LogP contribution < -0.4 is 5.32 Å². The van der Waals surface area contributed by atoms with E-state index in [4.69, 9.17) is 0 Å². The van der Waals surface area contributed by atoms with Gasteiger partial charge in [-0.2, -0.15) is 13.2 Å². The molecule has 0 aliphatic heterocycles. The van der Waals surface area contributed by atoms with Crippen LogP contribution in [0.3, 0.4) is 0 Å². The molecule has 3 rings (SSSR count). The van der Waals surface area contributed by atoms with Gasteiger partial charge in [-0.3, -0.25) is 4.79 Å². The van der Waals surface area contributed by atoms with Crippen LogP contribution in [0.25, 0.3) is 11.3 Å². The lowest BCUT2D eigenvalue weighted by atomic mass is 10.00. The third-order valence-corrected chi connectivity index (χ3v) is 6.06. The topological polar surface area (TPSA) is 68.2 Å². The molecule has 1 amide bonds. The summed E-state index contributed by atoms with van der Waals surface area (Å²) in [4.78, 5) is 13.0. The molecule has 1 N–H and O–H groups in total. The highest BCUT2D eigenvalue weighted by Crippen LogP contribution is 2.39. The Morgan fingerprint density at radius 1 is 1.12 bits per heavy atom. The maximum Gasteiger partial charge on any atom is 0.417 e. The van der Waals surface area contributed by atoms with Crippen molar-refractivity contribution in [3.63, 3.8) is 0 Å². The highest BCUT2D eigenvalue weighted by atomic mass is 32.2. The predicted octanol–water partition coefficient (Wildman–Crippen LogP) is 5.32. The van der Waals surface area contributed by atoms with Gasteiger partial charge in [0.05, 0.1) is 21.7 Å². The summed E-state index contributed by atoms with van der Waals surface area (Å²) in [5.74, 6) is -0.525. The van der Waals surface area contributed by atoms with Gasteiger partial charge in [-0.05, 0) is 42.8 Å². The molecule has 1 aromatic heterocycles. The number of hydrogen-bond donors (Lipinski definition) is 1. The van der Waals surface area contributed by atoms with Crippen LogP contribution in [-0.2, 0) is 22.6 Å². The summed E-state index contributed by atoms with van der Waals surface area (Å²) in [6.07, 6.45) is -0.465. The molecule has 0 aliphatic carbocycles. The van der Waals surface area contributed by atoms with Crippen LogP contribution in [0, 0.1) is 6.92 Å². The van der Waals surface area contributed by atoms with E-state index in [1.807, 2.05) is 0 Å². The van der Waals surface area contributed by atoms with Crippen molar-refractivity contribution < 1.29 is 26.4 Å². The zero-order valence-corrected chi connectivity index (χ0v) is 18.2. The van der Waals surface area contributed by atoms with E-state index in [-0.39, 0.29) is 28.3 Å². The molecule has 0 spiro atoms. The average molecular weight is 462 g/mol. The number of nitrogens with zero attached hydrogens (tertiary/aromatic N) is 1. The van der Waals surface area contributed by atoms with Crippen molar-refractivity contribution in [1.29, 1.82) is 0 Å². The Kier molecular flexibility index (Phi) is 6.32. The number of hydrogen-bond acceptors (Lipinski definition) is 3. The fourth-order valence-electron chi connectivity index (χ4n) is 3.45. The molecule has 0 aliphatic rings. The number of amides is 1. The van der Waals surface area contributed by atoms with Gasteiger partial charge in [-0.15, -0.1) is 6.58 Å². The van der Waals surface area contributed by atoms with Gasteiger partial charge in [0.15, 0.2) is 9.84 Å². The first-order valence-electron chi connectivity index (χ1n) is 9.52. The third-order valence-electron chi connectivity index (χ3n) is 4.93. The summed E-state index contributed by atoms with van der Waals surface area (Å²) in [5.41, 5.74) is 0.386. The summed E-state index contributed by atoms with van der Waals surface area (Å²) < 4.78 is 65.5. The normalized spacial score (nSPS) is 11.9. The van der Waals surface area contributed by atoms with Crippen molar-refractivity contribution in [1.82, 2.24) is 4.57 Å². The molecule has 0 saturated heterocycles. The first-order chi connectivity index (χ1) is 14.9. The quantitative estimate of drug-likeness (QED) is 0.504. The van der Waals surface area contributed by atoms with Crippen LogP contribution in [-0.4, -0.2) is 25.1 Å². The molecule has 0 radical (unpaired) electrons. The Morgan fingerprint density at radius 2 is 1.75 bits per heavy atom. The third kappa shape index (κ3) is 4.77. The largest absolute Gasteiger partial charge is 0.417 e. The van der Waals surface area contributed by atoms with E-state index in [1.54, 1.807) is 11.5 Å². The fourth-order valence-corrected chi connectivity index (χ4v) is 4.08.